The van der Waals surface area contributed by atoms with Crippen LogP contribution in [0.3, 0.4) is 0 Å². The zero-order chi connectivity index (χ0) is 12.7. The summed E-state index contributed by atoms with van der Waals surface area (Å²) in [5, 5.41) is 18.2. The molecule has 0 aliphatic heterocycles. The molecule has 1 rings (SSSR count). The van der Waals surface area contributed by atoms with Crippen molar-refractivity contribution in [2.75, 3.05) is 12.4 Å². The first kappa shape index (κ1) is 14.4. The molecule has 5 heteroatoms. The van der Waals surface area contributed by atoms with Crippen molar-refractivity contribution in [3.05, 3.63) is 30.1 Å². The maximum Gasteiger partial charge on any atom is 0.0861 e. The Kier molecular flexibility index (Phi) is 6.50. The van der Waals surface area contributed by atoms with E-state index in [4.69, 9.17) is 10.8 Å². The van der Waals surface area contributed by atoms with Gasteiger partial charge < -0.3 is 15.9 Å². The number of aliphatic hydroxyl groups excluding tert-OH is 2. The summed E-state index contributed by atoms with van der Waals surface area (Å²) in [6.45, 7) is 1.81. The Morgan fingerprint density at radius 2 is 2.24 bits per heavy atom. The van der Waals surface area contributed by atoms with E-state index in [2.05, 4.69) is 4.98 Å². The quantitative estimate of drug-likeness (QED) is 0.677. The van der Waals surface area contributed by atoms with Crippen LogP contribution < -0.4 is 5.73 Å². The largest absolute Gasteiger partial charge is 0.394 e. The maximum atomic E-state index is 9.38. The summed E-state index contributed by atoms with van der Waals surface area (Å²) in [6, 6.07) is 5.74. The molecule has 0 amide bonds. The number of thioether (sulfide) groups is 1. The van der Waals surface area contributed by atoms with Crippen molar-refractivity contribution in [3.8, 4) is 0 Å². The molecule has 0 aliphatic rings. The smallest absolute Gasteiger partial charge is 0.0861 e. The molecule has 1 heterocycles. The first-order chi connectivity index (χ1) is 8.19. The monoisotopic (exact) mass is 256 g/mol. The lowest BCUT2D eigenvalue weighted by atomic mass is 10.1. The number of pyridine rings is 1. The Balaban J connectivity index is 2.68. The number of rotatable bonds is 7. The van der Waals surface area contributed by atoms with Crippen molar-refractivity contribution in [3.63, 3.8) is 0 Å². The van der Waals surface area contributed by atoms with E-state index in [0.29, 0.717) is 5.75 Å². The Hall–Kier alpha value is -0.620. The van der Waals surface area contributed by atoms with Gasteiger partial charge in [-0.1, -0.05) is 13.0 Å². The van der Waals surface area contributed by atoms with Crippen molar-refractivity contribution in [2.24, 2.45) is 5.73 Å². The Labute approximate surface area is 106 Å². The van der Waals surface area contributed by atoms with Crippen molar-refractivity contribution < 1.29 is 10.2 Å². The molecule has 1 aromatic rings. The van der Waals surface area contributed by atoms with Crippen LogP contribution in [-0.2, 0) is 0 Å². The molecule has 4 nitrogen and oxygen atoms in total. The summed E-state index contributed by atoms with van der Waals surface area (Å²) < 4.78 is 0. The Bertz CT molecular complexity index is 311. The van der Waals surface area contributed by atoms with Gasteiger partial charge in [0.25, 0.3) is 0 Å². The molecule has 4 N–H and O–H groups in total. The van der Waals surface area contributed by atoms with Crippen molar-refractivity contribution in [1.29, 1.82) is 0 Å². The van der Waals surface area contributed by atoms with Gasteiger partial charge in [0.1, 0.15) is 0 Å². The lowest BCUT2D eigenvalue weighted by Gasteiger charge is -2.22. The zero-order valence-corrected chi connectivity index (χ0v) is 10.8. The lowest BCUT2D eigenvalue weighted by Crippen LogP contribution is -2.28. The Morgan fingerprint density at radius 1 is 1.47 bits per heavy atom. The molecule has 0 aliphatic carbocycles. The highest BCUT2D eigenvalue weighted by atomic mass is 32.2. The molecule has 0 saturated heterocycles. The number of aromatic nitrogens is 1. The van der Waals surface area contributed by atoms with Crippen molar-refractivity contribution in [1.82, 2.24) is 4.98 Å². The van der Waals surface area contributed by atoms with E-state index in [1.165, 1.54) is 0 Å². The number of nitrogens with zero attached hydrogens (tertiary/aromatic N) is 1. The van der Waals surface area contributed by atoms with E-state index in [1.54, 1.807) is 18.0 Å². The summed E-state index contributed by atoms with van der Waals surface area (Å²) >= 11 is 1.54. The average molecular weight is 256 g/mol. The molecule has 3 atom stereocenters. The van der Waals surface area contributed by atoms with Gasteiger partial charge >= 0.3 is 0 Å². The van der Waals surface area contributed by atoms with E-state index in [1.807, 2.05) is 25.1 Å². The van der Waals surface area contributed by atoms with E-state index in [0.717, 1.165) is 12.1 Å². The van der Waals surface area contributed by atoms with Gasteiger partial charge in [0.15, 0.2) is 0 Å². The lowest BCUT2D eigenvalue weighted by molar-refractivity contribution is 0.113. The molecule has 3 unspecified atom stereocenters. The summed E-state index contributed by atoms with van der Waals surface area (Å²) in [6.07, 6.45) is 1.90. The molecule has 96 valence electrons. The third-order valence-electron chi connectivity index (χ3n) is 2.52. The highest BCUT2D eigenvalue weighted by molar-refractivity contribution is 7.99. The highest BCUT2D eigenvalue weighted by Crippen LogP contribution is 2.31. The van der Waals surface area contributed by atoms with Gasteiger partial charge in [-0.05, 0) is 18.6 Å². The van der Waals surface area contributed by atoms with Gasteiger partial charge in [0, 0.05) is 18.0 Å². The predicted octanol–water partition coefficient (Wildman–Crippen LogP) is 0.946. The molecule has 0 saturated carbocycles. The summed E-state index contributed by atoms with van der Waals surface area (Å²) in [5.74, 6) is 0.464. The summed E-state index contributed by atoms with van der Waals surface area (Å²) in [7, 11) is 0. The highest BCUT2D eigenvalue weighted by Gasteiger charge is 2.21. The predicted molar refractivity (Wildman–Crippen MR) is 70.8 cm³/mol. The van der Waals surface area contributed by atoms with Crippen LogP contribution >= 0.6 is 11.8 Å². The standard InChI is InChI=1S/C12H20N2O2S/c1-2-10(13)12(17-8-9(16)7-15)11-5-3-4-6-14-11/h3-6,9-10,12,15-16H,2,7-8,13H2,1H3. The number of hydrogen-bond acceptors (Lipinski definition) is 5. The molecular formula is C12H20N2O2S. The average Bonchev–Trinajstić information content (AvgIpc) is 2.39. The fraction of sp³-hybridized carbons (Fsp3) is 0.583. The van der Waals surface area contributed by atoms with Crippen LogP contribution in [0.5, 0.6) is 0 Å². The van der Waals surface area contributed by atoms with Gasteiger partial charge in [-0.2, -0.15) is 0 Å². The zero-order valence-electron chi connectivity index (χ0n) is 9.99. The fourth-order valence-corrected chi connectivity index (χ4v) is 2.74. The Morgan fingerprint density at radius 3 is 2.76 bits per heavy atom. The van der Waals surface area contributed by atoms with Crippen molar-refractivity contribution in [2.45, 2.75) is 30.7 Å². The number of nitrogens with two attached hydrogens (primary N) is 1. The molecule has 0 fully saturated rings. The molecule has 0 bridgehead atoms. The molecule has 0 spiro atoms. The normalized spacial score (nSPS) is 16.5. The van der Waals surface area contributed by atoms with E-state index in [-0.39, 0.29) is 17.9 Å². The van der Waals surface area contributed by atoms with E-state index >= 15 is 0 Å². The third kappa shape index (κ3) is 4.63. The SMILES string of the molecule is CCC(N)C(SCC(O)CO)c1ccccn1. The van der Waals surface area contributed by atoms with E-state index < -0.39 is 6.10 Å². The van der Waals surface area contributed by atoms with Gasteiger partial charge in [-0.25, -0.2) is 0 Å². The van der Waals surface area contributed by atoms with Crippen LogP contribution in [0.1, 0.15) is 24.3 Å². The van der Waals surface area contributed by atoms with Crippen LogP contribution in [0.4, 0.5) is 0 Å². The first-order valence-electron chi connectivity index (χ1n) is 5.76. The van der Waals surface area contributed by atoms with E-state index in [9.17, 15) is 5.11 Å². The van der Waals surface area contributed by atoms with Crippen LogP contribution in [0, 0.1) is 0 Å². The molecule has 17 heavy (non-hydrogen) atoms. The second-order valence-electron chi connectivity index (χ2n) is 3.92. The molecule has 1 aromatic heterocycles. The summed E-state index contributed by atoms with van der Waals surface area (Å²) in [5.41, 5.74) is 7.00. The van der Waals surface area contributed by atoms with Gasteiger partial charge in [0.05, 0.1) is 23.7 Å². The van der Waals surface area contributed by atoms with Gasteiger partial charge in [-0.3, -0.25) is 4.98 Å². The fourth-order valence-electron chi connectivity index (χ4n) is 1.45. The van der Waals surface area contributed by atoms with Gasteiger partial charge in [0.2, 0.25) is 0 Å². The van der Waals surface area contributed by atoms with Crippen LogP contribution in [0.25, 0.3) is 0 Å². The van der Waals surface area contributed by atoms with Crippen LogP contribution in [0.15, 0.2) is 24.4 Å². The topological polar surface area (TPSA) is 79.4 Å². The summed E-state index contributed by atoms with van der Waals surface area (Å²) in [4.78, 5) is 4.31. The van der Waals surface area contributed by atoms with Crippen molar-refractivity contribution >= 4 is 11.8 Å². The number of aliphatic hydroxyl groups is 2. The van der Waals surface area contributed by atoms with Crippen LogP contribution in [-0.4, -0.2) is 39.7 Å². The van der Waals surface area contributed by atoms with Crippen LogP contribution in [0.2, 0.25) is 0 Å². The molecular weight excluding hydrogens is 236 g/mol. The maximum absolute atomic E-state index is 9.38. The second-order valence-corrected chi connectivity index (χ2v) is 5.09. The first-order valence-corrected chi connectivity index (χ1v) is 6.81. The minimum absolute atomic E-state index is 0.000734. The van der Waals surface area contributed by atoms with Gasteiger partial charge in [-0.15, -0.1) is 11.8 Å². The second kappa shape index (κ2) is 7.66. The number of hydrogen-bond donors (Lipinski definition) is 3. The third-order valence-corrected chi connectivity index (χ3v) is 4.05. The minimum atomic E-state index is -0.699. The molecule has 0 aromatic carbocycles. The minimum Gasteiger partial charge on any atom is -0.394 e. The molecule has 0 radical (unpaired) electrons.